The molecule has 0 spiro atoms. The summed E-state index contributed by atoms with van der Waals surface area (Å²) in [5, 5.41) is 0. The molecule has 2 heteroatoms. The maximum atomic E-state index is 5.62. The normalized spacial score (nSPS) is 10.7. The van der Waals surface area contributed by atoms with Crippen LogP contribution in [-0.4, -0.2) is 13.2 Å². The summed E-state index contributed by atoms with van der Waals surface area (Å²) in [6, 6.07) is 8.20. The van der Waals surface area contributed by atoms with Crippen molar-refractivity contribution in [2.24, 2.45) is 11.7 Å². The van der Waals surface area contributed by atoms with Gasteiger partial charge in [0.15, 0.2) is 0 Å². The topological polar surface area (TPSA) is 35.2 Å². The van der Waals surface area contributed by atoms with Crippen LogP contribution in [0.25, 0.3) is 0 Å². The number of nitrogens with two attached hydrogens (primary N) is 1. The van der Waals surface area contributed by atoms with Crippen LogP contribution in [0.2, 0.25) is 0 Å². The summed E-state index contributed by atoms with van der Waals surface area (Å²) in [6.45, 7) is 5.91. The minimum absolute atomic E-state index is 0.696. The largest absolute Gasteiger partial charge is 0.494 e. The molecule has 0 heterocycles. The molecule has 0 saturated carbocycles. The highest BCUT2D eigenvalue weighted by Crippen LogP contribution is 2.13. The second-order valence-corrected chi connectivity index (χ2v) is 4.21. The fourth-order valence-electron chi connectivity index (χ4n) is 1.33. The van der Waals surface area contributed by atoms with Gasteiger partial charge in [0, 0.05) is 0 Å². The predicted molar refractivity (Wildman–Crippen MR) is 64.2 cm³/mol. The Kier molecular flexibility index (Phi) is 5.19. The lowest BCUT2D eigenvalue weighted by atomic mass is 10.1. The molecule has 0 fully saturated rings. The molecule has 15 heavy (non-hydrogen) atoms. The van der Waals surface area contributed by atoms with E-state index in [0.29, 0.717) is 12.5 Å². The van der Waals surface area contributed by atoms with Gasteiger partial charge in [0.25, 0.3) is 0 Å². The van der Waals surface area contributed by atoms with Gasteiger partial charge < -0.3 is 10.5 Å². The van der Waals surface area contributed by atoms with Gasteiger partial charge in [-0.1, -0.05) is 26.0 Å². The van der Waals surface area contributed by atoms with Gasteiger partial charge in [0.1, 0.15) is 5.75 Å². The first-order valence-electron chi connectivity index (χ1n) is 5.64. The summed E-state index contributed by atoms with van der Waals surface area (Å²) in [5.74, 6) is 1.65. The quantitative estimate of drug-likeness (QED) is 0.778. The third-order valence-electron chi connectivity index (χ3n) is 2.32. The second kappa shape index (κ2) is 6.46. The van der Waals surface area contributed by atoms with Gasteiger partial charge in [-0.3, -0.25) is 0 Å². The van der Waals surface area contributed by atoms with E-state index in [0.717, 1.165) is 25.2 Å². The van der Waals surface area contributed by atoms with Gasteiger partial charge in [-0.05, 0) is 43.0 Å². The molecule has 0 radical (unpaired) electrons. The molecule has 1 rings (SSSR count). The van der Waals surface area contributed by atoms with E-state index in [4.69, 9.17) is 10.5 Å². The molecule has 2 nitrogen and oxygen atoms in total. The van der Waals surface area contributed by atoms with E-state index < -0.39 is 0 Å². The van der Waals surface area contributed by atoms with Crippen LogP contribution >= 0.6 is 0 Å². The number of benzene rings is 1. The first-order valence-corrected chi connectivity index (χ1v) is 5.64. The van der Waals surface area contributed by atoms with Crippen molar-refractivity contribution in [3.05, 3.63) is 29.8 Å². The molecule has 0 aromatic heterocycles. The summed E-state index contributed by atoms with van der Waals surface area (Å²) in [4.78, 5) is 0. The lowest BCUT2D eigenvalue weighted by molar-refractivity contribution is 0.289. The van der Waals surface area contributed by atoms with E-state index in [9.17, 15) is 0 Å². The average Bonchev–Trinajstić information content (AvgIpc) is 2.20. The highest BCUT2D eigenvalue weighted by molar-refractivity contribution is 5.27. The number of hydrogen-bond donors (Lipinski definition) is 1. The summed E-state index contributed by atoms with van der Waals surface area (Å²) < 4.78 is 5.62. The van der Waals surface area contributed by atoms with Crippen molar-refractivity contribution < 1.29 is 4.74 Å². The van der Waals surface area contributed by atoms with Crippen LogP contribution in [0, 0.1) is 5.92 Å². The molecule has 0 aliphatic rings. The molecule has 0 aliphatic carbocycles. The second-order valence-electron chi connectivity index (χ2n) is 4.21. The molecule has 0 aliphatic heterocycles. The standard InChI is InChI=1S/C13H21NO/c1-11(2)8-10-15-13-5-3-12(4-6-13)7-9-14/h3-6,11H,7-10,14H2,1-2H3. The third kappa shape index (κ3) is 4.84. The zero-order valence-electron chi connectivity index (χ0n) is 9.70. The Morgan fingerprint density at radius 2 is 1.87 bits per heavy atom. The SMILES string of the molecule is CC(C)CCOc1ccc(CCN)cc1. The Bertz CT molecular complexity index is 266. The predicted octanol–water partition coefficient (Wildman–Crippen LogP) is 2.61. The van der Waals surface area contributed by atoms with Crippen molar-refractivity contribution in [1.29, 1.82) is 0 Å². The smallest absolute Gasteiger partial charge is 0.119 e. The molecule has 84 valence electrons. The van der Waals surface area contributed by atoms with Crippen molar-refractivity contribution in [3.63, 3.8) is 0 Å². The molecule has 0 amide bonds. The zero-order valence-corrected chi connectivity index (χ0v) is 9.70. The van der Waals surface area contributed by atoms with Gasteiger partial charge in [0.05, 0.1) is 6.61 Å². The third-order valence-corrected chi connectivity index (χ3v) is 2.32. The van der Waals surface area contributed by atoms with E-state index in [1.165, 1.54) is 5.56 Å². The van der Waals surface area contributed by atoms with Crippen molar-refractivity contribution in [1.82, 2.24) is 0 Å². The molecule has 0 saturated heterocycles. The van der Waals surface area contributed by atoms with Gasteiger partial charge in [-0.25, -0.2) is 0 Å². The molecular formula is C13H21NO. The van der Waals surface area contributed by atoms with Crippen LogP contribution in [0.4, 0.5) is 0 Å². The van der Waals surface area contributed by atoms with E-state index in [1.807, 2.05) is 12.1 Å². The maximum Gasteiger partial charge on any atom is 0.119 e. The van der Waals surface area contributed by atoms with Gasteiger partial charge >= 0.3 is 0 Å². The molecular weight excluding hydrogens is 186 g/mol. The Morgan fingerprint density at radius 1 is 1.20 bits per heavy atom. The summed E-state index contributed by atoms with van der Waals surface area (Å²) in [7, 11) is 0. The molecule has 0 unspecified atom stereocenters. The highest BCUT2D eigenvalue weighted by Gasteiger charge is 1.97. The molecule has 1 aromatic rings. The monoisotopic (exact) mass is 207 g/mol. The zero-order chi connectivity index (χ0) is 11.1. The molecule has 0 atom stereocenters. The van der Waals surface area contributed by atoms with Crippen molar-refractivity contribution in [3.8, 4) is 5.75 Å². The van der Waals surface area contributed by atoms with Crippen LogP contribution in [0.15, 0.2) is 24.3 Å². The number of rotatable bonds is 6. The molecule has 0 bridgehead atoms. The number of hydrogen-bond acceptors (Lipinski definition) is 2. The first-order chi connectivity index (χ1) is 7.22. The van der Waals surface area contributed by atoms with Crippen LogP contribution in [0.5, 0.6) is 5.75 Å². The summed E-state index contributed by atoms with van der Waals surface area (Å²) >= 11 is 0. The Morgan fingerprint density at radius 3 is 2.40 bits per heavy atom. The van der Waals surface area contributed by atoms with Crippen molar-refractivity contribution in [2.45, 2.75) is 26.7 Å². The van der Waals surface area contributed by atoms with Crippen molar-refractivity contribution >= 4 is 0 Å². The number of ether oxygens (including phenoxy) is 1. The van der Waals surface area contributed by atoms with E-state index in [-0.39, 0.29) is 0 Å². The molecule has 1 aromatic carbocycles. The Hall–Kier alpha value is -1.02. The van der Waals surface area contributed by atoms with E-state index in [2.05, 4.69) is 26.0 Å². The lowest BCUT2D eigenvalue weighted by Crippen LogP contribution is -2.03. The van der Waals surface area contributed by atoms with Gasteiger partial charge in [0.2, 0.25) is 0 Å². The minimum Gasteiger partial charge on any atom is -0.494 e. The van der Waals surface area contributed by atoms with Crippen LogP contribution in [0.1, 0.15) is 25.8 Å². The fraction of sp³-hybridized carbons (Fsp3) is 0.538. The maximum absolute atomic E-state index is 5.62. The fourth-order valence-corrected chi connectivity index (χ4v) is 1.33. The lowest BCUT2D eigenvalue weighted by Gasteiger charge is -2.08. The summed E-state index contributed by atoms with van der Waals surface area (Å²) in [6.07, 6.45) is 2.04. The van der Waals surface area contributed by atoms with Crippen molar-refractivity contribution in [2.75, 3.05) is 13.2 Å². The summed E-state index contributed by atoms with van der Waals surface area (Å²) in [5.41, 5.74) is 6.75. The van der Waals surface area contributed by atoms with Crippen LogP contribution in [-0.2, 0) is 6.42 Å². The first kappa shape index (κ1) is 12.1. The average molecular weight is 207 g/mol. The van der Waals surface area contributed by atoms with E-state index in [1.54, 1.807) is 0 Å². The minimum atomic E-state index is 0.696. The van der Waals surface area contributed by atoms with Crippen LogP contribution in [0.3, 0.4) is 0 Å². The highest BCUT2D eigenvalue weighted by atomic mass is 16.5. The Balaban J connectivity index is 2.36. The van der Waals surface area contributed by atoms with E-state index >= 15 is 0 Å². The van der Waals surface area contributed by atoms with Gasteiger partial charge in [-0.2, -0.15) is 0 Å². The molecule has 2 N–H and O–H groups in total. The van der Waals surface area contributed by atoms with Gasteiger partial charge in [-0.15, -0.1) is 0 Å². The van der Waals surface area contributed by atoms with Crippen LogP contribution < -0.4 is 10.5 Å². The Labute approximate surface area is 92.4 Å².